The van der Waals surface area contributed by atoms with Gasteiger partial charge in [-0.1, -0.05) is 20.8 Å². The third-order valence-corrected chi connectivity index (χ3v) is 9.58. The summed E-state index contributed by atoms with van der Waals surface area (Å²) in [6, 6.07) is 0. The van der Waals surface area contributed by atoms with Gasteiger partial charge in [0.2, 0.25) is 0 Å². The number of H-pyrrole nitrogens is 1. The van der Waals surface area contributed by atoms with Crippen LogP contribution in [0.25, 0.3) is 0 Å². The molecule has 0 aromatic carbocycles. The molecule has 0 saturated carbocycles. The minimum atomic E-state index is -1.94. The van der Waals surface area contributed by atoms with Gasteiger partial charge in [0.1, 0.15) is 12.3 Å². The molecule has 0 bridgehead atoms. The van der Waals surface area contributed by atoms with Crippen molar-refractivity contribution >= 4 is 8.32 Å². The number of hydrogen-bond acceptors (Lipinski definition) is 5. The highest BCUT2D eigenvalue weighted by atomic mass is 28.4. The van der Waals surface area contributed by atoms with Crippen molar-refractivity contribution < 1.29 is 14.3 Å². The zero-order valence-electron chi connectivity index (χ0n) is 15.3. The normalized spacial score (nSPS) is 25.2. The first-order chi connectivity index (χ1) is 10.9. The van der Waals surface area contributed by atoms with Gasteiger partial charge in [0.05, 0.1) is 12.7 Å². The Balaban J connectivity index is 2.09. The minimum Gasteiger partial charge on any atom is -0.414 e. The molecule has 1 aliphatic rings. The monoisotopic (exact) mass is 356 g/mol. The summed E-state index contributed by atoms with van der Waals surface area (Å²) in [4.78, 5) is 25.7. The van der Waals surface area contributed by atoms with E-state index < -0.39 is 38.0 Å². The zero-order valence-corrected chi connectivity index (χ0v) is 16.3. The third kappa shape index (κ3) is 3.88. The van der Waals surface area contributed by atoms with E-state index in [0.717, 1.165) is 0 Å². The van der Waals surface area contributed by atoms with Gasteiger partial charge < -0.3 is 14.3 Å². The molecule has 0 spiro atoms. The lowest BCUT2D eigenvalue weighted by molar-refractivity contribution is -0.0433. The first-order valence-electron chi connectivity index (χ1n) is 8.22. The number of aromatic amines is 1. The molecule has 1 aliphatic heterocycles. The number of hydrogen-bond donors (Lipinski definition) is 2. The van der Waals surface area contributed by atoms with Gasteiger partial charge >= 0.3 is 5.69 Å². The third-order valence-electron chi connectivity index (χ3n) is 5.07. The van der Waals surface area contributed by atoms with Gasteiger partial charge in [-0.05, 0) is 25.1 Å². The second-order valence-electron chi connectivity index (χ2n) is 7.98. The molecule has 0 aliphatic carbocycles. The molecule has 0 unspecified atom stereocenters. The molecule has 0 radical (unpaired) electrons. The summed E-state index contributed by atoms with van der Waals surface area (Å²) in [5, 5.41) is 10.3. The number of aromatic nitrogens is 2. The summed E-state index contributed by atoms with van der Waals surface area (Å²) in [7, 11) is -1.94. The van der Waals surface area contributed by atoms with Gasteiger partial charge in [0, 0.05) is 18.2 Å². The predicted octanol–water partition coefficient (Wildman–Crippen LogP) is 1.52. The molecule has 136 valence electrons. The quantitative estimate of drug-likeness (QED) is 0.798. The van der Waals surface area contributed by atoms with Gasteiger partial charge in [0.15, 0.2) is 8.32 Å². The van der Waals surface area contributed by atoms with E-state index >= 15 is 0 Å². The summed E-state index contributed by atoms with van der Waals surface area (Å²) >= 11 is 0. The highest BCUT2D eigenvalue weighted by Gasteiger charge is 2.41. The Labute approximate surface area is 142 Å². The number of aryl methyl sites for hydroxylation is 1. The van der Waals surface area contributed by atoms with Gasteiger partial charge in [-0.2, -0.15) is 0 Å². The molecular weight excluding hydrogens is 328 g/mol. The van der Waals surface area contributed by atoms with Crippen LogP contribution in [-0.4, -0.2) is 41.8 Å². The van der Waals surface area contributed by atoms with Gasteiger partial charge in [0.25, 0.3) is 5.56 Å². The van der Waals surface area contributed by atoms with Crippen molar-refractivity contribution in [2.45, 2.75) is 70.7 Å². The van der Waals surface area contributed by atoms with Crippen molar-refractivity contribution in [3.05, 3.63) is 32.6 Å². The molecule has 1 fully saturated rings. The molecule has 2 rings (SSSR count). The van der Waals surface area contributed by atoms with Crippen LogP contribution in [0.2, 0.25) is 18.1 Å². The van der Waals surface area contributed by atoms with E-state index in [9.17, 15) is 14.7 Å². The number of aliphatic hydroxyl groups excluding tert-OH is 1. The molecule has 1 aromatic heterocycles. The van der Waals surface area contributed by atoms with Crippen molar-refractivity contribution in [3.8, 4) is 0 Å². The van der Waals surface area contributed by atoms with Gasteiger partial charge in [-0.15, -0.1) is 0 Å². The van der Waals surface area contributed by atoms with E-state index in [1.54, 1.807) is 6.92 Å². The summed E-state index contributed by atoms with van der Waals surface area (Å²) in [5.41, 5.74) is -0.518. The van der Waals surface area contributed by atoms with E-state index in [-0.39, 0.29) is 11.5 Å². The largest absolute Gasteiger partial charge is 0.414 e. The Morgan fingerprint density at radius 1 is 1.42 bits per heavy atom. The van der Waals surface area contributed by atoms with Gasteiger partial charge in [-0.25, -0.2) is 4.79 Å². The van der Waals surface area contributed by atoms with Crippen LogP contribution < -0.4 is 11.2 Å². The Morgan fingerprint density at radius 3 is 2.62 bits per heavy atom. The standard InChI is InChI=1S/C16H28N2O5Si/c1-10-8-18(15(21)17-14(10)20)13-7-11(19)12(23-13)9-22-24(5,6)16(2,3)4/h8,11-13,19H,7,9H2,1-6H3,(H,17,20,21)/t11-,12-,13-/m0/s1. The second-order valence-corrected chi connectivity index (χ2v) is 12.8. The van der Waals surface area contributed by atoms with Crippen LogP contribution in [0.3, 0.4) is 0 Å². The fraction of sp³-hybridized carbons (Fsp3) is 0.750. The van der Waals surface area contributed by atoms with E-state index in [4.69, 9.17) is 9.16 Å². The first-order valence-corrected chi connectivity index (χ1v) is 11.1. The lowest BCUT2D eigenvalue weighted by atomic mass is 10.2. The Kier molecular flexibility index (Phi) is 5.24. The van der Waals surface area contributed by atoms with E-state index in [1.165, 1.54) is 10.8 Å². The topological polar surface area (TPSA) is 93.6 Å². The lowest BCUT2D eigenvalue weighted by Crippen LogP contribution is -2.43. The second kappa shape index (κ2) is 6.59. The molecule has 2 heterocycles. The van der Waals surface area contributed by atoms with Crippen molar-refractivity contribution in [2.75, 3.05) is 6.61 Å². The van der Waals surface area contributed by atoms with E-state index in [0.29, 0.717) is 12.2 Å². The molecule has 7 nitrogen and oxygen atoms in total. The average Bonchev–Trinajstić information content (AvgIpc) is 2.80. The molecule has 24 heavy (non-hydrogen) atoms. The Bertz CT molecular complexity index is 704. The van der Waals surface area contributed by atoms with Gasteiger partial charge in [-0.3, -0.25) is 14.3 Å². The fourth-order valence-corrected chi connectivity index (χ4v) is 3.36. The molecule has 0 amide bonds. The van der Waals surface area contributed by atoms with E-state index in [2.05, 4.69) is 38.8 Å². The lowest BCUT2D eigenvalue weighted by Gasteiger charge is -2.37. The summed E-state index contributed by atoms with van der Waals surface area (Å²) in [5.74, 6) is 0. The molecule has 2 N–H and O–H groups in total. The molecule has 1 aromatic rings. The maximum Gasteiger partial charge on any atom is 0.330 e. The molecule has 1 saturated heterocycles. The Hall–Kier alpha value is -1.22. The number of nitrogens with zero attached hydrogens (tertiary/aromatic N) is 1. The van der Waals surface area contributed by atoms with Crippen molar-refractivity contribution in [3.63, 3.8) is 0 Å². The van der Waals surface area contributed by atoms with Crippen molar-refractivity contribution in [2.24, 2.45) is 0 Å². The zero-order chi connectivity index (χ0) is 18.3. The van der Waals surface area contributed by atoms with Crippen LogP contribution in [0.4, 0.5) is 0 Å². The molecule has 8 heteroatoms. The highest BCUT2D eigenvalue weighted by Crippen LogP contribution is 2.37. The van der Waals surface area contributed by atoms with Crippen LogP contribution >= 0.6 is 0 Å². The summed E-state index contributed by atoms with van der Waals surface area (Å²) in [6.07, 6.45) is -0.0368. The minimum absolute atomic E-state index is 0.0723. The first kappa shape index (κ1) is 19.1. The summed E-state index contributed by atoms with van der Waals surface area (Å²) in [6.45, 7) is 12.6. The van der Waals surface area contributed by atoms with Crippen LogP contribution in [-0.2, 0) is 9.16 Å². The van der Waals surface area contributed by atoms with Crippen molar-refractivity contribution in [1.29, 1.82) is 0 Å². The summed E-state index contributed by atoms with van der Waals surface area (Å²) < 4.78 is 13.3. The maximum atomic E-state index is 12.0. The Morgan fingerprint density at radius 2 is 2.04 bits per heavy atom. The van der Waals surface area contributed by atoms with Crippen LogP contribution in [0.1, 0.15) is 39.0 Å². The van der Waals surface area contributed by atoms with Crippen LogP contribution in [0, 0.1) is 6.92 Å². The predicted molar refractivity (Wildman–Crippen MR) is 93.7 cm³/mol. The smallest absolute Gasteiger partial charge is 0.330 e. The number of rotatable bonds is 4. The molecular formula is C16H28N2O5Si. The van der Waals surface area contributed by atoms with Crippen LogP contribution in [0.5, 0.6) is 0 Å². The SMILES string of the molecule is Cc1cn([C@@H]2C[C@H](O)[C@H](CO[Si](C)(C)C(C)(C)C)O2)c(=O)[nH]c1=O. The van der Waals surface area contributed by atoms with E-state index in [1.807, 2.05) is 0 Å². The number of ether oxygens (including phenoxy) is 1. The average molecular weight is 356 g/mol. The number of nitrogens with one attached hydrogen (secondary N) is 1. The molecule has 3 atom stereocenters. The fourth-order valence-electron chi connectivity index (χ4n) is 2.34. The maximum absolute atomic E-state index is 12.0. The number of aliphatic hydroxyl groups is 1. The highest BCUT2D eigenvalue weighted by molar-refractivity contribution is 6.74. The van der Waals surface area contributed by atoms with Crippen molar-refractivity contribution in [1.82, 2.24) is 9.55 Å². The van der Waals surface area contributed by atoms with Crippen LogP contribution in [0.15, 0.2) is 15.8 Å².